The fourth-order valence-corrected chi connectivity index (χ4v) is 3.31. The Labute approximate surface area is 122 Å². The zero-order valence-corrected chi connectivity index (χ0v) is 12.5. The van der Waals surface area contributed by atoms with Crippen LogP contribution in [0, 0.1) is 0 Å². The second-order valence-corrected chi connectivity index (χ2v) is 6.35. The molecule has 6 heteroatoms. The molecule has 1 aromatic rings. The molecule has 2 rings (SSSR count). The Balaban J connectivity index is 1.85. The number of rotatable bonds is 5. The molecular weight excluding hydrogens is 284 g/mol. The lowest BCUT2D eigenvalue weighted by Gasteiger charge is -2.24. The maximum atomic E-state index is 12.0. The minimum absolute atomic E-state index is 0.0505. The van der Waals surface area contributed by atoms with Crippen LogP contribution in [-0.4, -0.2) is 31.7 Å². The van der Waals surface area contributed by atoms with Gasteiger partial charge in [0.15, 0.2) is 0 Å². The Kier molecular flexibility index (Phi) is 5.63. The maximum absolute atomic E-state index is 12.0. The number of halogens is 1. The number of nitrogens with one attached hydrogen (secondary N) is 2. The molecular formula is C13H19ClN2O2S. The molecule has 0 aliphatic carbocycles. The monoisotopic (exact) mass is 302 g/mol. The van der Waals surface area contributed by atoms with Crippen molar-refractivity contribution in [2.45, 2.75) is 31.8 Å². The molecule has 19 heavy (non-hydrogen) atoms. The number of ether oxygens (including phenoxy) is 1. The first-order valence-electron chi connectivity index (χ1n) is 6.54. The van der Waals surface area contributed by atoms with E-state index in [1.54, 1.807) is 0 Å². The van der Waals surface area contributed by atoms with Gasteiger partial charge in [0.05, 0.1) is 23.6 Å². The van der Waals surface area contributed by atoms with E-state index in [1.165, 1.54) is 11.3 Å². The first-order chi connectivity index (χ1) is 9.19. The normalized spacial score (nSPS) is 21.1. The predicted molar refractivity (Wildman–Crippen MR) is 77.7 cm³/mol. The summed E-state index contributed by atoms with van der Waals surface area (Å²) in [4.78, 5) is 13.1. The average Bonchev–Trinajstić information content (AvgIpc) is 2.83. The van der Waals surface area contributed by atoms with E-state index in [4.69, 9.17) is 16.3 Å². The van der Waals surface area contributed by atoms with Crippen LogP contribution in [0.15, 0.2) is 12.1 Å². The van der Waals surface area contributed by atoms with Crippen molar-refractivity contribution in [2.75, 3.05) is 19.8 Å². The molecule has 0 saturated carbocycles. The van der Waals surface area contributed by atoms with Gasteiger partial charge in [-0.05, 0) is 18.6 Å². The van der Waals surface area contributed by atoms with Gasteiger partial charge in [0.2, 0.25) is 5.91 Å². The van der Waals surface area contributed by atoms with Crippen molar-refractivity contribution in [3.63, 3.8) is 0 Å². The van der Waals surface area contributed by atoms with Crippen LogP contribution in [0.25, 0.3) is 0 Å². The highest BCUT2D eigenvalue weighted by Gasteiger charge is 2.20. The van der Waals surface area contributed by atoms with Crippen LogP contribution in [0.4, 0.5) is 0 Å². The molecule has 0 aromatic carbocycles. The Morgan fingerprint density at radius 2 is 2.53 bits per heavy atom. The summed E-state index contributed by atoms with van der Waals surface area (Å²) >= 11 is 7.45. The van der Waals surface area contributed by atoms with Crippen LogP contribution in [0.1, 0.15) is 30.7 Å². The van der Waals surface area contributed by atoms with Gasteiger partial charge in [0, 0.05) is 23.9 Å². The maximum Gasteiger partial charge on any atom is 0.222 e. The quantitative estimate of drug-likeness (QED) is 0.878. The lowest BCUT2D eigenvalue weighted by molar-refractivity contribution is -0.123. The van der Waals surface area contributed by atoms with Crippen molar-refractivity contribution in [3.05, 3.63) is 21.3 Å². The first kappa shape index (κ1) is 14.8. The molecule has 4 nitrogen and oxygen atoms in total. The number of hydrogen-bond donors (Lipinski definition) is 2. The zero-order chi connectivity index (χ0) is 13.7. The van der Waals surface area contributed by atoms with Crippen LogP contribution in [-0.2, 0) is 9.53 Å². The first-order valence-corrected chi connectivity index (χ1v) is 7.74. The highest BCUT2D eigenvalue weighted by Crippen LogP contribution is 2.28. The predicted octanol–water partition coefficient (Wildman–Crippen LogP) is 2.35. The average molecular weight is 303 g/mol. The van der Waals surface area contributed by atoms with Crippen molar-refractivity contribution in [1.82, 2.24) is 10.6 Å². The van der Waals surface area contributed by atoms with Crippen LogP contribution in [0.2, 0.25) is 4.34 Å². The summed E-state index contributed by atoms with van der Waals surface area (Å²) < 4.78 is 6.10. The molecule has 1 aromatic heterocycles. The van der Waals surface area contributed by atoms with Crippen LogP contribution in [0.5, 0.6) is 0 Å². The molecule has 2 heterocycles. The van der Waals surface area contributed by atoms with Crippen molar-refractivity contribution in [2.24, 2.45) is 0 Å². The standard InChI is InChI=1S/C13H19ClN2O2S/c1-2-10(11-3-4-12(14)19-11)16-13(17)7-9-8-18-6-5-15-9/h3-4,9-10,15H,2,5-8H2,1H3,(H,16,17). The molecule has 0 bridgehead atoms. The third-order valence-corrected chi connectivity index (χ3v) is 4.46. The lowest BCUT2D eigenvalue weighted by atomic mass is 10.1. The van der Waals surface area contributed by atoms with Crippen LogP contribution in [0.3, 0.4) is 0 Å². The van der Waals surface area contributed by atoms with Crippen molar-refractivity contribution >= 4 is 28.8 Å². The molecule has 1 fully saturated rings. The highest BCUT2D eigenvalue weighted by atomic mass is 35.5. The molecule has 1 amide bonds. The van der Waals surface area contributed by atoms with E-state index in [2.05, 4.69) is 17.6 Å². The third-order valence-electron chi connectivity index (χ3n) is 3.11. The highest BCUT2D eigenvalue weighted by molar-refractivity contribution is 7.16. The van der Waals surface area contributed by atoms with Crippen molar-refractivity contribution in [3.8, 4) is 0 Å². The summed E-state index contributed by atoms with van der Waals surface area (Å²) in [6.45, 7) is 4.20. The van der Waals surface area contributed by atoms with Gasteiger partial charge in [0.1, 0.15) is 0 Å². The topological polar surface area (TPSA) is 50.4 Å². The van der Waals surface area contributed by atoms with E-state index in [9.17, 15) is 4.79 Å². The second-order valence-electron chi connectivity index (χ2n) is 4.60. The Bertz CT molecular complexity index is 419. The van der Waals surface area contributed by atoms with Crippen molar-refractivity contribution in [1.29, 1.82) is 0 Å². The molecule has 2 unspecified atom stereocenters. The molecule has 2 N–H and O–H groups in total. The molecule has 2 atom stereocenters. The number of amides is 1. The van der Waals surface area contributed by atoms with E-state index >= 15 is 0 Å². The molecule has 106 valence electrons. The summed E-state index contributed by atoms with van der Waals surface area (Å²) in [7, 11) is 0. The summed E-state index contributed by atoms with van der Waals surface area (Å²) in [5.41, 5.74) is 0. The largest absolute Gasteiger partial charge is 0.378 e. The summed E-state index contributed by atoms with van der Waals surface area (Å²) in [5.74, 6) is 0.0550. The Morgan fingerprint density at radius 3 is 3.11 bits per heavy atom. The number of morpholine rings is 1. The molecule has 1 saturated heterocycles. The third kappa shape index (κ3) is 4.45. The Hall–Kier alpha value is -0.620. The number of carbonyl (C=O) groups excluding carboxylic acids is 1. The summed E-state index contributed by atoms with van der Waals surface area (Å²) in [6.07, 6.45) is 1.31. The summed E-state index contributed by atoms with van der Waals surface area (Å²) in [6, 6.07) is 4.02. The molecule has 0 spiro atoms. The van der Waals surface area contributed by atoms with Gasteiger partial charge >= 0.3 is 0 Å². The molecule has 1 aliphatic rings. The van der Waals surface area contributed by atoms with Gasteiger partial charge < -0.3 is 15.4 Å². The number of carbonyl (C=O) groups is 1. The minimum Gasteiger partial charge on any atom is -0.378 e. The second kappa shape index (κ2) is 7.24. The zero-order valence-electron chi connectivity index (χ0n) is 10.9. The van der Waals surface area contributed by atoms with Gasteiger partial charge in [-0.25, -0.2) is 0 Å². The van der Waals surface area contributed by atoms with E-state index in [-0.39, 0.29) is 18.0 Å². The molecule has 0 radical (unpaired) electrons. The minimum atomic E-state index is 0.0505. The van der Waals surface area contributed by atoms with Gasteiger partial charge in [-0.1, -0.05) is 18.5 Å². The van der Waals surface area contributed by atoms with E-state index < -0.39 is 0 Å². The van der Waals surface area contributed by atoms with Gasteiger partial charge in [-0.3, -0.25) is 4.79 Å². The number of thiophene rings is 1. The summed E-state index contributed by atoms with van der Waals surface area (Å²) in [5, 5.41) is 6.34. The fourth-order valence-electron chi connectivity index (χ4n) is 2.12. The SMILES string of the molecule is CCC(NC(=O)CC1COCCN1)c1ccc(Cl)s1. The van der Waals surface area contributed by atoms with Gasteiger partial charge in [-0.15, -0.1) is 11.3 Å². The van der Waals surface area contributed by atoms with Crippen LogP contribution >= 0.6 is 22.9 Å². The smallest absolute Gasteiger partial charge is 0.222 e. The fraction of sp³-hybridized carbons (Fsp3) is 0.615. The Morgan fingerprint density at radius 1 is 1.68 bits per heavy atom. The van der Waals surface area contributed by atoms with E-state index in [0.717, 1.165) is 28.8 Å². The van der Waals surface area contributed by atoms with Crippen LogP contribution < -0.4 is 10.6 Å². The van der Waals surface area contributed by atoms with Gasteiger partial charge in [0.25, 0.3) is 0 Å². The van der Waals surface area contributed by atoms with E-state index in [1.807, 2.05) is 12.1 Å². The number of hydrogen-bond acceptors (Lipinski definition) is 4. The lowest BCUT2D eigenvalue weighted by Crippen LogP contribution is -2.44. The van der Waals surface area contributed by atoms with Crippen molar-refractivity contribution < 1.29 is 9.53 Å². The van der Waals surface area contributed by atoms with Gasteiger partial charge in [-0.2, -0.15) is 0 Å². The molecule has 1 aliphatic heterocycles. The van der Waals surface area contributed by atoms with E-state index in [0.29, 0.717) is 13.0 Å².